The molecule has 0 saturated carbocycles. The van der Waals surface area contributed by atoms with Crippen LogP contribution < -0.4 is 10.1 Å². The summed E-state index contributed by atoms with van der Waals surface area (Å²) in [7, 11) is 0. The Bertz CT molecular complexity index is 874. The molecular formula is C21H26N4O3. The van der Waals surface area contributed by atoms with Crippen LogP contribution in [-0.2, 0) is 6.42 Å². The smallest absolute Gasteiger partial charge is 0.405 e. The topological polar surface area (TPSA) is 108 Å². The van der Waals surface area contributed by atoms with Crippen molar-refractivity contribution in [3.63, 3.8) is 0 Å². The van der Waals surface area contributed by atoms with Crippen molar-refractivity contribution in [2.75, 3.05) is 6.61 Å². The van der Waals surface area contributed by atoms with Gasteiger partial charge >= 0.3 is 6.09 Å². The number of nitriles is 1. The van der Waals surface area contributed by atoms with E-state index >= 15 is 0 Å². The zero-order chi connectivity index (χ0) is 20.7. The van der Waals surface area contributed by atoms with Gasteiger partial charge in [-0.25, -0.2) is 14.8 Å². The third-order valence-corrected chi connectivity index (χ3v) is 4.31. The summed E-state index contributed by atoms with van der Waals surface area (Å²) in [6.07, 6.45) is 1.91. The predicted octanol–water partition coefficient (Wildman–Crippen LogP) is 4.03. The van der Waals surface area contributed by atoms with E-state index < -0.39 is 11.6 Å². The quantitative estimate of drug-likeness (QED) is 0.713. The van der Waals surface area contributed by atoms with E-state index in [1.807, 2.05) is 39.8 Å². The number of ether oxygens (including phenoxy) is 1. The standard InChI is InChI=1S/C21H26N4O3/c1-5-17-9-18(24-13-23-17)15-6-7-19(16(8-15)11-22)28-12-14(2)10-21(3,4)25-20(26)27/h6-9,13-14,25H,5,10,12H2,1-4H3,(H,26,27)/t14-/m0/s1. The molecule has 0 spiro atoms. The van der Waals surface area contributed by atoms with Gasteiger partial charge in [-0.1, -0.05) is 13.8 Å². The summed E-state index contributed by atoms with van der Waals surface area (Å²) in [5, 5.41) is 20.9. The molecule has 1 aromatic heterocycles. The fourth-order valence-corrected chi connectivity index (χ4v) is 3.15. The van der Waals surface area contributed by atoms with Gasteiger partial charge in [-0.05, 0) is 56.9 Å². The first-order chi connectivity index (χ1) is 13.2. The first-order valence-corrected chi connectivity index (χ1v) is 9.23. The number of aromatic nitrogens is 2. The van der Waals surface area contributed by atoms with Crippen LogP contribution >= 0.6 is 0 Å². The van der Waals surface area contributed by atoms with E-state index in [2.05, 4.69) is 21.4 Å². The Balaban J connectivity index is 2.08. The summed E-state index contributed by atoms with van der Waals surface area (Å²) in [6, 6.07) is 9.50. The average molecular weight is 382 g/mol. The Morgan fingerprint density at radius 3 is 2.75 bits per heavy atom. The first-order valence-electron chi connectivity index (χ1n) is 9.23. The highest BCUT2D eigenvalue weighted by atomic mass is 16.5. The van der Waals surface area contributed by atoms with Crippen LogP contribution in [-0.4, -0.2) is 33.3 Å². The zero-order valence-electron chi connectivity index (χ0n) is 16.7. The minimum atomic E-state index is -1.04. The highest BCUT2D eigenvalue weighted by molar-refractivity contribution is 5.65. The number of hydrogen-bond acceptors (Lipinski definition) is 5. The van der Waals surface area contributed by atoms with Gasteiger partial charge in [-0.3, -0.25) is 0 Å². The molecule has 0 radical (unpaired) electrons. The molecule has 0 fully saturated rings. The molecule has 28 heavy (non-hydrogen) atoms. The zero-order valence-corrected chi connectivity index (χ0v) is 16.7. The molecule has 0 saturated heterocycles. The summed E-state index contributed by atoms with van der Waals surface area (Å²) < 4.78 is 5.85. The molecule has 2 N–H and O–H groups in total. The lowest BCUT2D eigenvalue weighted by Crippen LogP contribution is -2.44. The monoisotopic (exact) mass is 382 g/mol. The molecule has 0 bridgehead atoms. The van der Waals surface area contributed by atoms with Crippen LogP contribution in [0.1, 0.15) is 45.4 Å². The number of rotatable bonds is 8. The molecule has 1 aromatic carbocycles. The van der Waals surface area contributed by atoms with Crippen LogP contribution in [0.15, 0.2) is 30.6 Å². The summed E-state index contributed by atoms with van der Waals surface area (Å²) in [5.74, 6) is 0.605. The number of hydrogen-bond donors (Lipinski definition) is 2. The number of carboxylic acid groups (broad SMARTS) is 1. The van der Waals surface area contributed by atoms with Crippen LogP contribution in [0.2, 0.25) is 0 Å². The van der Waals surface area contributed by atoms with Crippen LogP contribution in [0, 0.1) is 17.2 Å². The molecule has 7 heteroatoms. The maximum atomic E-state index is 10.9. The van der Waals surface area contributed by atoms with Crippen molar-refractivity contribution in [1.29, 1.82) is 5.26 Å². The summed E-state index contributed by atoms with van der Waals surface area (Å²) >= 11 is 0. The number of nitrogens with one attached hydrogen (secondary N) is 1. The molecule has 148 valence electrons. The molecular weight excluding hydrogens is 356 g/mol. The number of aryl methyl sites for hydroxylation is 1. The minimum absolute atomic E-state index is 0.0991. The summed E-state index contributed by atoms with van der Waals surface area (Å²) in [5.41, 5.74) is 2.42. The fourth-order valence-electron chi connectivity index (χ4n) is 3.15. The predicted molar refractivity (Wildman–Crippen MR) is 106 cm³/mol. The van der Waals surface area contributed by atoms with E-state index in [4.69, 9.17) is 9.84 Å². The number of benzene rings is 1. The van der Waals surface area contributed by atoms with Gasteiger partial charge in [0.05, 0.1) is 17.9 Å². The molecule has 2 rings (SSSR count). The highest BCUT2D eigenvalue weighted by Gasteiger charge is 2.23. The molecule has 1 heterocycles. The molecule has 7 nitrogen and oxygen atoms in total. The molecule has 2 aromatic rings. The summed E-state index contributed by atoms with van der Waals surface area (Å²) in [6.45, 7) is 8.06. The van der Waals surface area contributed by atoms with Crippen molar-refractivity contribution in [1.82, 2.24) is 15.3 Å². The van der Waals surface area contributed by atoms with E-state index in [9.17, 15) is 10.1 Å². The van der Waals surface area contributed by atoms with E-state index in [0.717, 1.165) is 23.4 Å². The normalized spacial score (nSPS) is 12.1. The van der Waals surface area contributed by atoms with Crippen molar-refractivity contribution in [3.8, 4) is 23.1 Å². The summed E-state index contributed by atoms with van der Waals surface area (Å²) in [4.78, 5) is 19.3. The van der Waals surface area contributed by atoms with Gasteiger partial charge in [0.2, 0.25) is 0 Å². The SMILES string of the molecule is CCc1cc(-c2ccc(OC[C@@H](C)CC(C)(C)NC(=O)O)c(C#N)c2)ncn1. The number of amides is 1. The van der Waals surface area contributed by atoms with E-state index in [0.29, 0.717) is 24.3 Å². The van der Waals surface area contributed by atoms with Gasteiger partial charge < -0.3 is 15.2 Å². The lowest BCUT2D eigenvalue weighted by molar-refractivity contribution is 0.169. The Morgan fingerprint density at radius 1 is 1.36 bits per heavy atom. The third-order valence-electron chi connectivity index (χ3n) is 4.31. The maximum Gasteiger partial charge on any atom is 0.405 e. The van der Waals surface area contributed by atoms with E-state index in [-0.39, 0.29) is 5.92 Å². The number of nitrogens with zero attached hydrogens (tertiary/aromatic N) is 3. The van der Waals surface area contributed by atoms with Crippen LogP contribution in [0.5, 0.6) is 5.75 Å². The van der Waals surface area contributed by atoms with Gasteiger partial charge in [-0.15, -0.1) is 0 Å². The third kappa shape index (κ3) is 5.95. The van der Waals surface area contributed by atoms with Crippen molar-refractivity contribution in [2.45, 2.75) is 46.1 Å². The maximum absolute atomic E-state index is 10.9. The molecule has 0 aliphatic rings. The van der Waals surface area contributed by atoms with Crippen LogP contribution in [0.3, 0.4) is 0 Å². The van der Waals surface area contributed by atoms with Crippen molar-refractivity contribution < 1.29 is 14.6 Å². The largest absolute Gasteiger partial charge is 0.492 e. The van der Waals surface area contributed by atoms with E-state index in [1.54, 1.807) is 12.1 Å². The van der Waals surface area contributed by atoms with Crippen LogP contribution in [0.4, 0.5) is 4.79 Å². The second-order valence-corrected chi connectivity index (χ2v) is 7.51. The molecule has 0 unspecified atom stereocenters. The molecule has 1 amide bonds. The van der Waals surface area contributed by atoms with Crippen molar-refractivity contribution in [3.05, 3.63) is 41.9 Å². The van der Waals surface area contributed by atoms with Gasteiger partial charge in [0.25, 0.3) is 0 Å². The Labute approximate surface area is 165 Å². The van der Waals surface area contributed by atoms with E-state index in [1.165, 1.54) is 6.33 Å². The number of carbonyl (C=O) groups is 1. The van der Waals surface area contributed by atoms with Crippen molar-refractivity contribution in [2.24, 2.45) is 5.92 Å². The highest BCUT2D eigenvalue weighted by Crippen LogP contribution is 2.26. The van der Waals surface area contributed by atoms with Gasteiger partial charge in [0.1, 0.15) is 18.1 Å². The second kappa shape index (κ2) is 9.18. The lowest BCUT2D eigenvalue weighted by Gasteiger charge is -2.28. The molecule has 0 aliphatic carbocycles. The van der Waals surface area contributed by atoms with Crippen LogP contribution in [0.25, 0.3) is 11.3 Å². The molecule has 0 aliphatic heterocycles. The van der Waals surface area contributed by atoms with Gasteiger partial charge in [0.15, 0.2) is 0 Å². The fraction of sp³-hybridized carbons (Fsp3) is 0.429. The Kier molecular flexibility index (Phi) is 6.94. The lowest BCUT2D eigenvalue weighted by atomic mass is 9.92. The van der Waals surface area contributed by atoms with Crippen molar-refractivity contribution >= 4 is 6.09 Å². The Morgan fingerprint density at radius 2 is 2.11 bits per heavy atom. The van der Waals surface area contributed by atoms with Gasteiger partial charge in [0, 0.05) is 16.8 Å². The average Bonchev–Trinajstić information content (AvgIpc) is 2.64. The molecule has 1 atom stereocenters. The second-order valence-electron chi connectivity index (χ2n) is 7.51. The first kappa shape index (κ1) is 21.2. The minimum Gasteiger partial charge on any atom is -0.492 e. The van der Waals surface area contributed by atoms with Gasteiger partial charge in [-0.2, -0.15) is 5.26 Å². The Hall–Kier alpha value is -3.14.